The van der Waals surface area contributed by atoms with Crippen molar-refractivity contribution in [3.63, 3.8) is 0 Å². The van der Waals surface area contributed by atoms with Gasteiger partial charge in [0.05, 0.1) is 0 Å². The van der Waals surface area contributed by atoms with E-state index in [4.69, 9.17) is 13.5 Å². The van der Waals surface area contributed by atoms with E-state index < -0.39 is 13.5 Å². The summed E-state index contributed by atoms with van der Waals surface area (Å²) in [6.07, 6.45) is 0. The molecule has 9 heteroatoms. The number of rotatable bonds is 7. The zero-order chi connectivity index (χ0) is 20.1. The first-order valence-electron chi connectivity index (χ1n) is 8.38. The number of oxazole rings is 1. The summed E-state index contributed by atoms with van der Waals surface area (Å²) in [5.74, 6) is -0.225. The van der Waals surface area contributed by atoms with Crippen molar-refractivity contribution >= 4 is 24.8 Å². The third kappa shape index (κ3) is 4.14. The van der Waals surface area contributed by atoms with E-state index in [0.29, 0.717) is 11.1 Å². The highest BCUT2D eigenvalue weighted by Gasteiger charge is 2.34. The van der Waals surface area contributed by atoms with Crippen LogP contribution in [0, 0.1) is 6.92 Å². The molecule has 0 fully saturated rings. The predicted molar refractivity (Wildman–Crippen MR) is 105 cm³/mol. The van der Waals surface area contributed by atoms with Gasteiger partial charge in [0.25, 0.3) is 5.91 Å². The van der Waals surface area contributed by atoms with Crippen LogP contribution in [0.3, 0.4) is 0 Å². The van der Waals surface area contributed by atoms with Gasteiger partial charge in [-0.05, 0) is 31.2 Å². The lowest BCUT2D eigenvalue weighted by Crippen LogP contribution is -2.31. The van der Waals surface area contributed by atoms with Crippen molar-refractivity contribution in [2.24, 2.45) is 0 Å². The zero-order valence-electron chi connectivity index (χ0n) is 15.6. The second-order valence-electron chi connectivity index (χ2n) is 5.85. The minimum atomic E-state index is -3.73. The molecule has 3 rings (SSSR count). The molecule has 0 bridgehead atoms. The molecule has 0 radical (unpaired) electrons. The Hall–Kier alpha value is -2.93. The fourth-order valence-electron chi connectivity index (χ4n) is 2.42. The number of amides is 1. The van der Waals surface area contributed by atoms with Gasteiger partial charge in [-0.3, -0.25) is 20.2 Å². The molecule has 0 atom stereocenters. The van der Waals surface area contributed by atoms with Gasteiger partial charge in [-0.1, -0.05) is 35.9 Å². The summed E-state index contributed by atoms with van der Waals surface area (Å²) in [5, 5.41) is 0. The molecule has 1 amide bonds. The molecule has 0 aliphatic heterocycles. The van der Waals surface area contributed by atoms with Gasteiger partial charge in [-0.25, -0.2) is 0 Å². The molecule has 1 heterocycles. The lowest BCUT2D eigenvalue weighted by molar-refractivity contribution is 0.0961. The maximum Gasteiger partial charge on any atom is 0.384 e. The SMILES string of the molecule is COP(=O)(OC)c1nc(-c2ccccc2)oc1NNC(=O)c1ccc(C)cc1. The Morgan fingerprint density at radius 2 is 1.68 bits per heavy atom. The Kier molecular flexibility index (Phi) is 5.94. The number of nitrogens with one attached hydrogen (secondary N) is 2. The van der Waals surface area contributed by atoms with Gasteiger partial charge in [0, 0.05) is 25.3 Å². The maximum atomic E-state index is 12.9. The molecule has 0 saturated carbocycles. The van der Waals surface area contributed by atoms with E-state index in [1.807, 2.05) is 37.3 Å². The molecule has 0 aliphatic rings. The van der Waals surface area contributed by atoms with Crippen molar-refractivity contribution < 1.29 is 22.8 Å². The monoisotopic (exact) mass is 401 g/mol. The molecule has 0 aliphatic carbocycles. The van der Waals surface area contributed by atoms with E-state index in [-0.39, 0.29) is 17.2 Å². The fraction of sp³-hybridized carbons (Fsp3) is 0.158. The van der Waals surface area contributed by atoms with Crippen LogP contribution < -0.4 is 16.3 Å². The van der Waals surface area contributed by atoms with Gasteiger partial charge in [-0.15, -0.1) is 0 Å². The Balaban J connectivity index is 1.90. The highest BCUT2D eigenvalue weighted by atomic mass is 31.2. The van der Waals surface area contributed by atoms with Crippen molar-refractivity contribution in [3.8, 4) is 11.5 Å². The third-order valence-electron chi connectivity index (χ3n) is 3.97. The van der Waals surface area contributed by atoms with Crippen LogP contribution in [0.15, 0.2) is 59.0 Å². The van der Waals surface area contributed by atoms with Crippen LogP contribution in [0.1, 0.15) is 15.9 Å². The molecular weight excluding hydrogens is 381 g/mol. The second-order valence-corrected chi connectivity index (χ2v) is 7.99. The number of benzene rings is 2. The molecule has 0 saturated heterocycles. The Morgan fingerprint density at radius 1 is 1.04 bits per heavy atom. The number of aromatic nitrogens is 1. The lowest BCUT2D eigenvalue weighted by atomic mass is 10.1. The topological polar surface area (TPSA) is 103 Å². The van der Waals surface area contributed by atoms with Crippen molar-refractivity contribution in [3.05, 3.63) is 65.7 Å². The van der Waals surface area contributed by atoms with Crippen molar-refractivity contribution in [2.45, 2.75) is 6.92 Å². The summed E-state index contributed by atoms with van der Waals surface area (Å²) >= 11 is 0. The first-order valence-corrected chi connectivity index (χ1v) is 9.92. The van der Waals surface area contributed by atoms with Gasteiger partial charge in [0.1, 0.15) is 0 Å². The van der Waals surface area contributed by atoms with Gasteiger partial charge < -0.3 is 13.5 Å². The molecule has 0 spiro atoms. The van der Waals surface area contributed by atoms with Crippen LogP contribution in [0.4, 0.5) is 5.88 Å². The minimum Gasteiger partial charge on any atom is -0.418 e. The number of hydrogen-bond donors (Lipinski definition) is 2. The number of anilines is 1. The minimum absolute atomic E-state index is 0.0358. The Morgan fingerprint density at radius 3 is 2.29 bits per heavy atom. The van der Waals surface area contributed by atoms with E-state index in [2.05, 4.69) is 15.8 Å². The quantitative estimate of drug-likeness (QED) is 0.461. The Bertz CT molecular complexity index is 994. The summed E-state index contributed by atoms with van der Waals surface area (Å²) in [6, 6.07) is 16.1. The summed E-state index contributed by atoms with van der Waals surface area (Å²) in [5.41, 5.74) is 7.22. The maximum absolute atomic E-state index is 12.9. The number of carbonyl (C=O) groups is 1. The van der Waals surface area contributed by atoms with E-state index in [9.17, 15) is 9.36 Å². The number of carbonyl (C=O) groups excluding carboxylic acids is 1. The molecule has 8 nitrogen and oxygen atoms in total. The number of hydrogen-bond acceptors (Lipinski definition) is 7. The molecule has 2 aromatic carbocycles. The van der Waals surface area contributed by atoms with E-state index in [0.717, 1.165) is 5.56 Å². The van der Waals surface area contributed by atoms with Crippen LogP contribution in [0.2, 0.25) is 0 Å². The fourth-order valence-corrected chi connectivity index (χ4v) is 3.48. The second kappa shape index (κ2) is 8.39. The molecule has 1 aromatic heterocycles. The number of hydrazine groups is 1. The van der Waals surface area contributed by atoms with E-state index in [1.165, 1.54) is 14.2 Å². The molecule has 28 heavy (non-hydrogen) atoms. The number of nitrogens with zero attached hydrogens (tertiary/aromatic N) is 1. The third-order valence-corrected chi connectivity index (χ3v) is 5.76. The largest absolute Gasteiger partial charge is 0.418 e. The van der Waals surface area contributed by atoms with Crippen molar-refractivity contribution in [2.75, 3.05) is 19.6 Å². The standard InChI is InChI=1S/C19H20N3O5P/c1-13-9-11-14(12-10-13)16(23)21-22-18-19(28(24,25-2)26-3)20-17(27-18)15-7-5-4-6-8-15/h4-12,22H,1-3H3,(H,21,23). The average Bonchev–Trinajstić information content (AvgIpc) is 3.17. The number of aryl methyl sites for hydroxylation is 1. The first-order chi connectivity index (χ1) is 13.5. The molecule has 2 N–H and O–H groups in total. The van der Waals surface area contributed by atoms with E-state index >= 15 is 0 Å². The normalized spacial score (nSPS) is 11.2. The zero-order valence-corrected chi connectivity index (χ0v) is 16.5. The van der Waals surface area contributed by atoms with Gasteiger partial charge in [0.15, 0.2) is 0 Å². The molecule has 3 aromatic rings. The van der Waals surface area contributed by atoms with Crippen molar-refractivity contribution in [1.29, 1.82) is 0 Å². The van der Waals surface area contributed by atoms with E-state index in [1.54, 1.807) is 24.3 Å². The van der Waals surface area contributed by atoms with Crippen molar-refractivity contribution in [1.82, 2.24) is 10.4 Å². The van der Waals surface area contributed by atoms with Gasteiger partial charge >= 0.3 is 7.60 Å². The van der Waals surface area contributed by atoms with Crippen LogP contribution >= 0.6 is 7.60 Å². The predicted octanol–water partition coefficient (Wildman–Crippen LogP) is 3.52. The Labute approximate surface area is 162 Å². The summed E-state index contributed by atoms with van der Waals surface area (Å²) in [7, 11) is -1.24. The van der Waals surface area contributed by atoms with Crippen LogP contribution in [-0.4, -0.2) is 25.1 Å². The smallest absolute Gasteiger partial charge is 0.384 e. The average molecular weight is 401 g/mol. The summed E-state index contributed by atoms with van der Waals surface area (Å²) < 4.78 is 28.6. The first kappa shape index (κ1) is 19.8. The summed E-state index contributed by atoms with van der Waals surface area (Å²) in [6.45, 7) is 1.93. The summed E-state index contributed by atoms with van der Waals surface area (Å²) in [4.78, 5) is 16.6. The molecule has 146 valence electrons. The van der Waals surface area contributed by atoms with Crippen LogP contribution in [0.25, 0.3) is 11.5 Å². The van der Waals surface area contributed by atoms with Crippen LogP contribution in [0.5, 0.6) is 0 Å². The highest BCUT2D eigenvalue weighted by molar-refractivity contribution is 7.62. The lowest BCUT2D eigenvalue weighted by Gasteiger charge is -2.12. The molecule has 0 unspecified atom stereocenters. The molecular formula is C19H20N3O5P. The highest BCUT2D eigenvalue weighted by Crippen LogP contribution is 2.47. The van der Waals surface area contributed by atoms with Gasteiger partial charge in [-0.2, -0.15) is 4.98 Å². The van der Waals surface area contributed by atoms with Gasteiger partial charge in [0.2, 0.25) is 17.2 Å². The van der Waals surface area contributed by atoms with Crippen LogP contribution in [-0.2, 0) is 13.6 Å².